The van der Waals surface area contributed by atoms with E-state index in [4.69, 9.17) is 0 Å². The Bertz CT molecular complexity index is 437. The number of nitrogens with zero attached hydrogens (tertiary/aromatic N) is 2. The first-order valence-electron chi connectivity index (χ1n) is 7.17. The van der Waals surface area contributed by atoms with E-state index in [2.05, 4.69) is 24.1 Å². The van der Waals surface area contributed by atoms with Gasteiger partial charge in [0.05, 0.1) is 0 Å². The van der Waals surface area contributed by atoms with Crippen molar-refractivity contribution in [2.45, 2.75) is 52.1 Å². The van der Waals surface area contributed by atoms with E-state index in [0.29, 0.717) is 17.8 Å². The molecule has 2 atom stereocenters. The molecule has 0 aromatic carbocycles. The molecule has 0 saturated carbocycles. The van der Waals surface area contributed by atoms with Crippen LogP contribution in [0.5, 0.6) is 0 Å². The predicted octanol–water partition coefficient (Wildman–Crippen LogP) is 2.92. The number of carbonyl (C=O) groups excluding carboxylic acids is 1. The summed E-state index contributed by atoms with van der Waals surface area (Å²) >= 11 is 0. The number of piperidine rings is 1. The quantitative estimate of drug-likeness (QED) is 0.910. The molecular formula is C15H23N3O. The molecular weight excluding hydrogens is 238 g/mol. The molecule has 1 aliphatic rings. The Morgan fingerprint density at radius 1 is 1.37 bits per heavy atom. The Morgan fingerprint density at radius 2 is 2.05 bits per heavy atom. The van der Waals surface area contributed by atoms with Crippen molar-refractivity contribution >= 4 is 11.7 Å². The van der Waals surface area contributed by atoms with Crippen LogP contribution >= 0.6 is 0 Å². The molecule has 0 bridgehead atoms. The molecule has 4 heteroatoms. The topological polar surface area (TPSA) is 45.2 Å². The molecule has 2 rings (SSSR count). The number of carbonyl (C=O) groups is 1. The molecule has 0 radical (unpaired) electrons. The lowest BCUT2D eigenvalue weighted by Gasteiger charge is -2.38. The molecule has 1 N–H and O–H groups in total. The summed E-state index contributed by atoms with van der Waals surface area (Å²) in [5, 5.41) is 3.15. The normalized spacial score (nSPS) is 23.2. The van der Waals surface area contributed by atoms with Crippen LogP contribution in [0.15, 0.2) is 18.2 Å². The van der Waals surface area contributed by atoms with E-state index in [9.17, 15) is 4.79 Å². The molecule has 1 aliphatic heterocycles. The van der Waals surface area contributed by atoms with Crippen molar-refractivity contribution in [2.24, 2.45) is 0 Å². The van der Waals surface area contributed by atoms with Gasteiger partial charge in [-0.1, -0.05) is 6.07 Å². The number of pyridine rings is 1. The van der Waals surface area contributed by atoms with Gasteiger partial charge >= 0.3 is 0 Å². The van der Waals surface area contributed by atoms with Gasteiger partial charge in [0.1, 0.15) is 11.5 Å². The average molecular weight is 261 g/mol. The number of rotatable bonds is 3. The van der Waals surface area contributed by atoms with Gasteiger partial charge in [-0.3, -0.25) is 4.79 Å². The van der Waals surface area contributed by atoms with E-state index in [1.54, 1.807) is 6.07 Å². The molecule has 104 valence electrons. The van der Waals surface area contributed by atoms with Gasteiger partial charge in [-0.05, 0) is 52.2 Å². The van der Waals surface area contributed by atoms with Crippen LogP contribution in [-0.2, 0) is 0 Å². The average Bonchev–Trinajstić information content (AvgIpc) is 2.39. The van der Waals surface area contributed by atoms with Crippen LogP contribution in [0.25, 0.3) is 0 Å². The Balaban J connectivity index is 2.20. The SMILES string of the molecule is CCNc1cccc(C(=O)N2C(C)CCCC2C)n1. The molecule has 1 aromatic heterocycles. The van der Waals surface area contributed by atoms with E-state index in [0.717, 1.165) is 25.2 Å². The lowest BCUT2D eigenvalue weighted by molar-refractivity contribution is 0.0505. The van der Waals surface area contributed by atoms with Gasteiger partial charge in [0, 0.05) is 18.6 Å². The fourth-order valence-corrected chi connectivity index (χ4v) is 2.79. The molecule has 1 amide bonds. The van der Waals surface area contributed by atoms with Gasteiger partial charge in [-0.25, -0.2) is 4.98 Å². The van der Waals surface area contributed by atoms with Gasteiger partial charge in [-0.15, -0.1) is 0 Å². The molecule has 19 heavy (non-hydrogen) atoms. The highest BCUT2D eigenvalue weighted by Gasteiger charge is 2.30. The van der Waals surface area contributed by atoms with Crippen molar-refractivity contribution in [3.8, 4) is 0 Å². The maximum absolute atomic E-state index is 12.6. The van der Waals surface area contributed by atoms with Gasteiger partial charge in [-0.2, -0.15) is 0 Å². The smallest absolute Gasteiger partial charge is 0.273 e. The summed E-state index contributed by atoms with van der Waals surface area (Å²) < 4.78 is 0. The van der Waals surface area contributed by atoms with Gasteiger partial charge in [0.15, 0.2) is 0 Å². The van der Waals surface area contributed by atoms with Crippen LogP contribution in [-0.4, -0.2) is 34.4 Å². The summed E-state index contributed by atoms with van der Waals surface area (Å²) in [6.45, 7) is 7.08. The van der Waals surface area contributed by atoms with Gasteiger partial charge in [0.25, 0.3) is 5.91 Å². The summed E-state index contributed by atoms with van der Waals surface area (Å²) in [7, 11) is 0. The summed E-state index contributed by atoms with van der Waals surface area (Å²) in [5.41, 5.74) is 0.541. The van der Waals surface area contributed by atoms with Crippen molar-refractivity contribution < 1.29 is 4.79 Å². The van der Waals surface area contributed by atoms with Crippen molar-refractivity contribution in [3.63, 3.8) is 0 Å². The zero-order valence-corrected chi connectivity index (χ0v) is 12.0. The maximum Gasteiger partial charge on any atom is 0.273 e. The van der Waals surface area contributed by atoms with Crippen LogP contribution in [0.2, 0.25) is 0 Å². The van der Waals surface area contributed by atoms with Gasteiger partial charge < -0.3 is 10.2 Å². The first-order chi connectivity index (χ1) is 9.13. The standard InChI is InChI=1S/C15H23N3O/c1-4-16-14-10-6-9-13(17-14)15(19)18-11(2)7-5-8-12(18)3/h6,9-12H,4-5,7-8H2,1-3H3,(H,16,17). The van der Waals surface area contributed by atoms with Gasteiger partial charge in [0.2, 0.25) is 0 Å². The Kier molecular flexibility index (Phi) is 4.40. The third kappa shape index (κ3) is 3.06. The summed E-state index contributed by atoms with van der Waals surface area (Å²) in [6.07, 6.45) is 3.38. The highest BCUT2D eigenvalue weighted by atomic mass is 16.2. The molecule has 1 aromatic rings. The summed E-state index contributed by atoms with van der Waals surface area (Å²) in [4.78, 5) is 19.0. The highest BCUT2D eigenvalue weighted by Crippen LogP contribution is 2.24. The zero-order chi connectivity index (χ0) is 13.8. The number of hydrogen-bond acceptors (Lipinski definition) is 3. The maximum atomic E-state index is 12.6. The Morgan fingerprint density at radius 3 is 2.68 bits per heavy atom. The van der Waals surface area contributed by atoms with Crippen LogP contribution in [0.3, 0.4) is 0 Å². The zero-order valence-electron chi connectivity index (χ0n) is 12.0. The molecule has 4 nitrogen and oxygen atoms in total. The lowest BCUT2D eigenvalue weighted by atomic mass is 9.97. The monoisotopic (exact) mass is 261 g/mol. The van der Waals surface area contributed by atoms with Crippen molar-refractivity contribution in [2.75, 3.05) is 11.9 Å². The number of hydrogen-bond donors (Lipinski definition) is 1. The van der Waals surface area contributed by atoms with Crippen molar-refractivity contribution in [1.29, 1.82) is 0 Å². The largest absolute Gasteiger partial charge is 0.370 e. The van der Waals surface area contributed by atoms with E-state index in [1.807, 2.05) is 24.0 Å². The molecule has 0 spiro atoms. The molecule has 2 unspecified atom stereocenters. The summed E-state index contributed by atoms with van der Waals surface area (Å²) in [5.74, 6) is 0.824. The van der Waals surface area contributed by atoms with Crippen molar-refractivity contribution in [1.82, 2.24) is 9.88 Å². The fourth-order valence-electron chi connectivity index (χ4n) is 2.79. The van der Waals surface area contributed by atoms with E-state index < -0.39 is 0 Å². The Labute approximate surface area is 115 Å². The number of amides is 1. The molecule has 0 aliphatic carbocycles. The number of likely N-dealkylation sites (tertiary alicyclic amines) is 1. The lowest BCUT2D eigenvalue weighted by Crippen LogP contribution is -2.47. The highest BCUT2D eigenvalue weighted by molar-refractivity contribution is 5.93. The third-order valence-corrected chi connectivity index (χ3v) is 3.75. The van der Waals surface area contributed by atoms with E-state index >= 15 is 0 Å². The first-order valence-corrected chi connectivity index (χ1v) is 7.17. The Hall–Kier alpha value is -1.58. The number of anilines is 1. The molecule has 1 saturated heterocycles. The number of aromatic nitrogens is 1. The predicted molar refractivity (Wildman–Crippen MR) is 77.3 cm³/mol. The second kappa shape index (κ2) is 6.04. The van der Waals surface area contributed by atoms with Crippen LogP contribution in [0.4, 0.5) is 5.82 Å². The van der Waals surface area contributed by atoms with Crippen LogP contribution in [0, 0.1) is 0 Å². The first kappa shape index (κ1) is 13.8. The third-order valence-electron chi connectivity index (χ3n) is 3.75. The fraction of sp³-hybridized carbons (Fsp3) is 0.600. The minimum absolute atomic E-state index is 0.0550. The molecule has 1 fully saturated rings. The number of nitrogens with one attached hydrogen (secondary N) is 1. The van der Waals surface area contributed by atoms with Crippen molar-refractivity contribution in [3.05, 3.63) is 23.9 Å². The summed E-state index contributed by atoms with van der Waals surface area (Å²) in [6, 6.07) is 6.19. The van der Waals surface area contributed by atoms with Crippen LogP contribution in [0.1, 0.15) is 50.5 Å². The minimum Gasteiger partial charge on any atom is -0.370 e. The van der Waals surface area contributed by atoms with Crippen LogP contribution < -0.4 is 5.32 Å². The van der Waals surface area contributed by atoms with E-state index in [1.165, 1.54) is 6.42 Å². The van der Waals surface area contributed by atoms with E-state index in [-0.39, 0.29) is 5.91 Å². The molecule has 2 heterocycles. The second-order valence-electron chi connectivity index (χ2n) is 5.28. The minimum atomic E-state index is 0.0550. The second-order valence-corrected chi connectivity index (χ2v) is 5.28.